The quantitative estimate of drug-likeness (QED) is 0.512. The standard InChI is InChI=1S/C11H26N2/c1-6-9(2)7-10(13-12)8-11(3,4)5/h9-10,13H,6-8,12H2,1-5H3. The third-order valence-electron chi connectivity index (χ3n) is 2.48. The summed E-state index contributed by atoms with van der Waals surface area (Å²) >= 11 is 0. The highest BCUT2D eigenvalue weighted by molar-refractivity contribution is 4.74. The molecule has 0 heterocycles. The molecule has 0 aliphatic carbocycles. The molecular formula is C11H26N2. The van der Waals surface area contributed by atoms with Crippen LogP contribution in [0.25, 0.3) is 0 Å². The van der Waals surface area contributed by atoms with E-state index in [4.69, 9.17) is 5.84 Å². The van der Waals surface area contributed by atoms with E-state index in [-0.39, 0.29) is 0 Å². The topological polar surface area (TPSA) is 38.0 Å². The highest BCUT2D eigenvalue weighted by Gasteiger charge is 2.18. The molecule has 0 aromatic carbocycles. The van der Waals surface area contributed by atoms with Crippen LogP contribution in [0.5, 0.6) is 0 Å². The maximum Gasteiger partial charge on any atom is 0.0218 e. The molecule has 0 fully saturated rings. The van der Waals surface area contributed by atoms with Crippen LogP contribution in [0.3, 0.4) is 0 Å². The van der Waals surface area contributed by atoms with Gasteiger partial charge < -0.3 is 0 Å². The Bertz CT molecular complexity index is 127. The Kier molecular flexibility index (Phi) is 5.57. The molecule has 3 N–H and O–H groups in total. The Hall–Kier alpha value is -0.0800. The second-order valence-corrected chi connectivity index (χ2v) is 5.38. The van der Waals surface area contributed by atoms with Gasteiger partial charge in [0, 0.05) is 6.04 Å². The molecule has 2 nitrogen and oxygen atoms in total. The van der Waals surface area contributed by atoms with Crippen molar-refractivity contribution in [2.45, 2.75) is 59.9 Å². The maximum atomic E-state index is 5.53. The van der Waals surface area contributed by atoms with Gasteiger partial charge in [0.2, 0.25) is 0 Å². The minimum absolute atomic E-state index is 0.366. The largest absolute Gasteiger partial charge is 0.271 e. The summed E-state index contributed by atoms with van der Waals surface area (Å²) in [5.74, 6) is 6.30. The molecule has 0 rings (SSSR count). The van der Waals surface area contributed by atoms with E-state index in [2.05, 4.69) is 40.0 Å². The second kappa shape index (κ2) is 5.61. The average molecular weight is 186 g/mol. The zero-order valence-corrected chi connectivity index (χ0v) is 9.85. The molecule has 2 heteroatoms. The van der Waals surface area contributed by atoms with Crippen molar-refractivity contribution < 1.29 is 0 Å². The van der Waals surface area contributed by atoms with E-state index in [1.807, 2.05) is 0 Å². The van der Waals surface area contributed by atoms with E-state index in [9.17, 15) is 0 Å². The van der Waals surface area contributed by atoms with Gasteiger partial charge in [0.05, 0.1) is 0 Å². The summed E-state index contributed by atoms with van der Waals surface area (Å²) in [5, 5.41) is 0. The molecular weight excluding hydrogens is 160 g/mol. The van der Waals surface area contributed by atoms with Gasteiger partial charge in [-0.3, -0.25) is 11.3 Å². The van der Waals surface area contributed by atoms with Crippen molar-refractivity contribution in [2.75, 3.05) is 0 Å². The zero-order chi connectivity index (χ0) is 10.5. The van der Waals surface area contributed by atoms with E-state index in [0.717, 1.165) is 12.3 Å². The van der Waals surface area contributed by atoms with Crippen LogP contribution >= 0.6 is 0 Å². The Labute approximate surface area is 83.2 Å². The molecule has 0 aliphatic heterocycles. The second-order valence-electron chi connectivity index (χ2n) is 5.38. The summed E-state index contributed by atoms with van der Waals surface area (Å²) in [6.07, 6.45) is 3.57. The van der Waals surface area contributed by atoms with Crippen LogP contribution in [0.4, 0.5) is 0 Å². The molecule has 0 aromatic rings. The fourth-order valence-corrected chi connectivity index (χ4v) is 1.60. The van der Waals surface area contributed by atoms with E-state index < -0.39 is 0 Å². The fourth-order valence-electron chi connectivity index (χ4n) is 1.60. The number of hydrogen-bond acceptors (Lipinski definition) is 2. The monoisotopic (exact) mass is 186 g/mol. The van der Waals surface area contributed by atoms with Crippen molar-refractivity contribution >= 4 is 0 Å². The number of nitrogens with two attached hydrogens (primary N) is 1. The van der Waals surface area contributed by atoms with Crippen LogP contribution < -0.4 is 11.3 Å². The summed E-state index contributed by atoms with van der Waals surface area (Å²) in [7, 11) is 0. The molecule has 0 aliphatic rings. The molecule has 13 heavy (non-hydrogen) atoms. The summed E-state index contributed by atoms with van der Waals surface area (Å²) in [5.41, 5.74) is 3.29. The van der Waals surface area contributed by atoms with Gasteiger partial charge in [-0.1, -0.05) is 41.0 Å². The Balaban J connectivity index is 3.89. The summed E-state index contributed by atoms with van der Waals surface area (Å²) in [4.78, 5) is 0. The predicted molar refractivity (Wildman–Crippen MR) is 59.3 cm³/mol. The van der Waals surface area contributed by atoms with E-state index in [0.29, 0.717) is 11.5 Å². The Morgan fingerprint density at radius 1 is 1.31 bits per heavy atom. The first-order valence-electron chi connectivity index (χ1n) is 5.35. The summed E-state index contributed by atoms with van der Waals surface area (Å²) in [6, 6.07) is 0.468. The van der Waals surface area contributed by atoms with E-state index in [1.165, 1.54) is 12.8 Å². The van der Waals surface area contributed by atoms with Crippen molar-refractivity contribution in [3.05, 3.63) is 0 Å². The van der Waals surface area contributed by atoms with Gasteiger partial charge in [0.25, 0.3) is 0 Å². The lowest BCUT2D eigenvalue weighted by atomic mass is 9.85. The lowest BCUT2D eigenvalue weighted by Crippen LogP contribution is -2.39. The van der Waals surface area contributed by atoms with Gasteiger partial charge in [0.1, 0.15) is 0 Å². The van der Waals surface area contributed by atoms with Crippen molar-refractivity contribution in [1.82, 2.24) is 5.43 Å². The minimum Gasteiger partial charge on any atom is -0.271 e. The first-order chi connectivity index (χ1) is 5.89. The van der Waals surface area contributed by atoms with Gasteiger partial charge in [-0.2, -0.15) is 0 Å². The van der Waals surface area contributed by atoms with Gasteiger partial charge in [0.15, 0.2) is 0 Å². The van der Waals surface area contributed by atoms with Crippen LogP contribution in [0.15, 0.2) is 0 Å². The van der Waals surface area contributed by atoms with Crippen molar-refractivity contribution in [3.8, 4) is 0 Å². The van der Waals surface area contributed by atoms with Gasteiger partial charge in [-0.25, -0.2) is 0 Å². The van der Waals surface area contributed by atoms with Crippen LogP contribution in [0.2, 0.25) is 0 Å². The Morgan fingerprint density at radius 2 is 1.85 bits per heavy atom. The highest BCUT2D eigenvalue weighted by Crippen LogP contribution is 2.24. The summed E-state index contributed by atoms with van der Waals surface area (Å²) in [6.45, 7) is 11.3. The molecule has 0 saturated heterocycles. The molecule has 0 amide bonds. The lowest BCUT2D eigenvalue weighted by molar-refractivity contribution is 0.276. The van der Waals surface area contributed by atoms with Crippen molar-refractivity contribution in [1.29, 1.82) is 0 Å². The molecule has 80 valence electrons. The fraction of sp³-hybridized carbons (Fsp3) is 1.00. The molecule has 0 saturated carbocycles. The van der Waals surface area contributed by atoms with E-state index >= 15 is 0 Å². The highest BCUT2D eigenvalue weighted by atomic mass is 15.2. The van der Waals surface area contributed by atoms with Crippen molar-refractivity contribution in [2.24, 2.45) is 17.2 Å². The minimum atomic E-state index is 0.366. The molecule has 0 bridgehead atoms. The van der Waals surface area contributed by atoms with Crippen LogP contribution in [-0.4, -0.2) is 6.04 Å². The van der Waals surface area contributed by atoms with Gasteiger partial charge in [-0.05, 0) is 24.2 Å². The number of hydrazine groups is 1. The van der Waals surface area contributed by atoms with Gasteiger partial charge >= 0.3 is 0 Å². The van der Waals surface area contributed by atoms with Crippen molar-refractivity contribution in [3.63, 3.8) is 0 Å². The first kappa shape index (κ1) is 12.9. The van der Waals surface area contributed by atoms with E-state index in [1.54, 1.807) is 0 Å². The molecule has 2 atom stereocenters. The van der Waals surface area contributed by atoms with Gasteiger partial charge in [-0.15, -0.1) is 0 Å². The Morgan fingerprint density at radius 3 is 2.15 bits per heavy atom. The first-order valence-corrected chi connectivity index (χ1v) is 5.35. The normalized spacial score (nSPS) is 17.1. The lowest BCUT2D eigenvalue weighted by Gasteiger charge is -2.27. The number of nitrogens with one attached hydrogen (secondary N) is 1. The average Bonchev–Trinajstić information content (AvgIpc) is 2.00. The SMILES string of the molecule is CCC(C)CC(CC(C)(C)C)NN. The van der Waals surface area contributed by atoms with Crippen LogP contribution in [0, 0.1) is 11.3 Å². The third-order valence-corrected chi connectivity index (χ3v) is 2.48. The summed E-state index contributed by atoms with van der Waals surface area (Å²) < 4.78 is 0. The predicted octanol–water partition coefficient (Wildman–Crippen LogP) is 2.69. The zero-order valence-electron chi connectivity index (χ0n) is 9.85. The molecule has 0 aromatic heterocycles. The number of hydrogen-bond donors (Lipinski definition) is 2. The molecule has 0 spiro atoms. The van der Waals surface area contributed by atoms with Crippen LogP contribution in [-0.2, 0) is 0 Å². The van der Waals surface area contributed by atoms with Crippen LogP contribution in [0.1, 0.15) is 53.9 Å². The maximum absolute atomic E-state index is 5.53. The molecule has 2 unspecified atom stereocenters. The smallest absolute Gasteiger partial charge is 0.0218 e. The third kappa shape index (κ3) is 7.03. The number of rotatable bonds is 5. The molecule has 0 radical (unpaired) electrons.